The molecule has 0 aliphatic carbocycles. The Morgan fingerprint density at radius 1 is 1.10 bits per heavy atom. The van der Waals surface area contributed by atoms with Crippen molar-refractivity contribution in [3.05, 3.63) is 35.4 Å². The normalized spacial score (nSPS) is 11.2. The molecule has 0 saturated carbocycles. The highest BCUT2D eigenvalue weighted by Crippen LogP contribution is 2.19. The molecule has 3 heteroatoms. The van der Waals surface area contributed by atoms with Crippen molar-refractivity contribution in [1.29, 1.82) is 0 Å². The number of hydrogen-bond donors (Lipinski definition) is 1. The maximum absolute atomic E-state index is 12.1. The van der Waals surface area contributed by atoms with Crippen LogP contribution in [0.25, 0.3) is 0 Å². The number of carbonyl (C=O) groups is 2. The highest BCUT2D eigenvalue weighted by molar-refractivity contribution is 5.99. The molecule has 116 valence electrons. The van der Waals surface area contributed by atoms with E-state index in [1.54, 1.807) is 0 Å². The van der Waals surface area contributed by atoms with Crippen LogP contribution in [-0.2, 0) is 4.79 Å². The SMILES string of the molecule is Cc1ccccc1C(=O)CCC(=O)NCCCC(C)(C)C. The zero-order valence-electron chi connectivity index (χ0n) is 13.7. The van der Waals surface area contributed by atoms with Gasteiger partial charge in [0.25, 0.3) is 0 Å². The van der Waals surface area contributed by atoms with Crippen LogP contribution >= 0.6 is 0 Å². The van der Waals surface area contributed by atoms with Gasteiger partial charge in [-0.15, -0.1) is 0 Å². The van der Waals surface area contributed by atoms with Crippen molar-refractivity contribution in [3.8, 4) is 0 Å². The third-order valence-electron chi connectivity index (χ3n) is 3.45. The van der Waals surface area contributed by atoms with Crippen molar-refractivity contribution in [3.63, 3.8) is 0 Å². The van der Waals surface area contributed by atoms with Gasteiger partial charge in [0.2, 0.25) is 5.91 Å². The van der Waals surface area contributed by atoms with Gasteiger partial charge in [0, 0.05) is 24.9 Å². The molecule has 0 fully saturated rings. The van der Waals surface area contributed by atoms with Crippen LogP contribution in [0.1, 0.15) is 62.4 Å². The fraction of sp³-hybridized carbons (Fsp3) is 0.556. The largest absolute Gasteiger partial charge is 0.356 e. The van der Waals surface area contributed by atoms with E-state index in [0.717, 1.165) is 24.0 Å². The molecule has 0 spiro atoms. The van der Waals surface area contributed by atoms with Crippen molar-refractivity contribution in [2.75, 3.05) is 6.54 Å². The zero-order chi connectivity index (χ0) is 15.9. The van der Waals surface area contributed by atoms with Gasteiger partial charge in [-0.05, 0) is 30.7 Å². The standard InChI is InChI=1S/C18H27NO2/c1-14-8-5-6-9-15(14)16(20)10-11-17(21)19-13-7-12-18(2,3)4/h5-6,8-9H,7,10-13H2,1-4H3,(H,19,21). The summed E-state index contributed by atoms with van der Waals surface area (Å²) in [6.45, 7) is 9.18. The van der Waals surface area contributed by atoms with Crippen LogP contribution < -0.4 is 5.32 Å². The van der Waals surface area contributed by atoms with Crippen LogP contribution in [-0.4, -0.2) is 18.2 Å². The number of rotatable bonds is 7. The first-order valence-corrected chi connectivity index (χ1v) is 7.65. The Morgan fingerprint density at radius 3 is 2.38 bits per heavy atom. The van der Waals surface area contributed by atoms with Crippen LogP contribution in [0, 0.1) is 12.3 Å². The van der Waals surface area contributed by atoms with Crippen molar-refractivity contribution in [2.45, 2.75) is 53.4 Å². The van der Waals surface area contributed by atoms with E-state index in [1.807, 2.05) is 31.2 Å². The number of Topliss-reactive ketones (excluding diaryl/α,β-unsaturated/α-hetero) is 1. The molecule has 1 amide bonds. The van der Waals surface area contributed by atoms with E-state index in [9.17, 15) is 9.59 Å². The molecule has 1 aromatic carbocycles. The summed E-state index contributed by atoms with van der Waals surface area (Å²) < 4.78 is 0. The molecule has 0 bridgehead atoms. The summed E-state index contributed by atoms with van der Waals surface area (Å²) in [6, 6.07) is 7.50. The first-order chi connectivity index (χ1) is 9.79. The van der Waals surface area contributed by atoms with E-state index in [1.165, 1.54) is 0 Å². The van der Waals surface area contributed by atoms with Crippen molar-refractivity contribution < 1.29 is 9.59 Å². The van der Waals surface area contributed by atoms with Gasteiger partial charge in [-0.1, -0.05) is 45.0 Å². The number of hydrogen-bond acceptors (Lipinski definition) is 2. The van der Waals surface area contributed by atoms with E-state index >= 15 is 0 Å². The number of ketones is 1. The fourth-order valence-corrected chi connectivity index (χ4v) is 2.18. The topological polar surface area (TPSA) is 46.2 Å². The molecule has 0 saturated heterocycles. The van der Waals surface area contributed by atoms with Gasteiger partial charge < -0.3 is 5.32 Å². The third-order valence-corrected chi connectivity index (χ3v) is 3.45. The van der Waals surface area contributed by atoms with Crippen molar-refractivity contribution >= 4 is 11.7 Å². The molecule has 0 aromatic heterocycles. The smallest absolute Gasteiger partial charge is 0.220 e. The Hall–Kier alpha value is -1.64. The predicted octanol–water partition coefficient (Wildman–Crippen LogP) is 3.90. The van der Waals surface area contributed by atoms with Gasteiger partial charge in [-0.25, -0.2) is 0 Å². The molecule has 1 aromatic rings. The summed E-state index contributed by atoms with van der Waals surface area (Å²) in [4.78, 5) is 23.8. The van der Waals surface area contributed by atoms with Gasteiger partial charge >= 0.3 is 0 Å². The maximum atomic E-state index is 12.1. The van der Waals surface area contributed by atoms with Gasteiger partial charge in [-0.3, -0.25) is 9.59 Å². The summed E-state index contributed by atoms with van der Waals surface area (Å²) in [5.74, 6) is 0.00350. The Morgan fingerprint density at radius 2 is 1.76 bits per heavy atom. The minimum absolute atomic E-state index is 0.0363. The molecular formula is C18H27NO2. The Balaban J connectivity index is 2.27. The second-order valence-electron chi connectivity index (χ2n) is 6.75. The quantitative estimate of drug-likeness (QED) is 0.611. The molecule has 21 heavy (non-hydrogen) atoms. The Bertz CT molecular complexity index is 486. The molecule has 0 aliphatic heterocycles. The molecule has 1 N–H and O–H groups in total. The maximum Gasteiger partial charge on any atom is 0.220 e. The summed E-state index contributed by atoms with van der Waals surface area (Å²) in [5.41, 5.74) is 1.98. The molecule has 0 heterocycles. The lowest BCUT2D eigenvalue weighted by Gasteiger charge is -2.17. The van der Waals surface area contributed by atoms with Crippen LogP contribution in [0.2, 0.25) is 0 Å². The van der Waals surface area contributed by atoms with Gasteiger partial charge in [0.15, 0.2) is 5.78 Å². The third kappa shape index (κ3) is 7.07. The second-order valence-corrected chi connectivity index (χ2v) is 6.75. The second kappa shape index (κ2) is 7.96. The first-order valence-electron chi connectivity index (χ1n) is 7.65. The molecule has 3 nitrogen and oxygen atoms in total. The lowest BCUT2D eigenvalue weighted by molar-refractivity contribution is -0.121. The van der Waals surface area contributed by atoms with E-state index in [2.05, 4.69) is 26.1 Å². The van der Waals surface area contributed by atoms with Crippen LogP contribution in [0.4, 0.5) is 0 Å². The van der Waals surface area contributed by atoms with E-state index in [4.69, 9.17) is 0 Å². The van der Waals surface area contributed by atoms with Crippen molar-refractivity contribution in [1.82, 2.24) is 5.32 Å². The monoisotopic (exact) mass is 289 g/mol. The van der Waals surface area contributed by atoms with Crippen LogP contribution in [0.3, 0.4) is 0 Å². The number of nitrogens with one attached hydrogen (secondary N) is 1. The van der Waals surface area contributed by atoms with Crippen molar-refractivity contribution in [2.24, 2.45) is 5.41 Å². The summed E-state index contributed by atoms with van der Waals surface area (Å²) in [5, 5.41) is 2.89. The fourth-order valence-electron chi connectivity index (χ4n) is 2.18. The van der Waals surface area contributed by atoms with E-state index in [-0.39, 0.29) is 24.5 Å². The molecule has 1 rings (SSSR count). The molecule has 0 aliphatic rings. The van der Waals surface area contributed by atoms with Crippen LogP contribution in [0.15, 0.2) is 24.3 Å². The van der Waals surface area contributed by atoms with Gasteiger partial charge in [0.1, 0.15) is 0 Å². The lowest BCUT2D eigenvalue weighted by atomic mass is 9.91. The molecule has 0 radical (unpaired) electrons. The number of carbonyl (C=O) groups excluding carboxylic acids is 2. The molecular weight excluding hydrogens is 262 g/mol. The minimum Gasteiger partial charge on any atom is -0.356 e. The number of benzene rings is 1. The Labute approximate surface area is 128 Å². The van der Waals surface area contributed by atoms with E-state index in [0.29, 0.717) is 12.0 Å². The summed E-state index contributed by atoms with van der Waals surface area (Å²) >= 11 is 0. The van der Waals surface area contributed by atoms with Gasteiger partial charge in [-0.2, -0.15) is 0 Å². The minimum atomic E-state index is -0.0363. The van der Waals surface area contributed by atoms with E-state index < -0.39 is 0 Å². The average molecular weight is 289 g/mol. The molecule has 0 atom stereocenters. The highest BCUT2D eigenvalue weighted by Gasteiger charge is 2.12. The summed E-state index contributed by atoms with van der Waals surface area (Å²) in [6.07, 6.45) is 2.59. The molecule has 0 unspecified atom stereocenters. The first kappa shape index (κ1) is 17.4. The zero-order valence-corrected chi connectivity index (χ0v) is 13.7. The average Bonchev–Trinajstić information content (AvgIpc) is 2.40. The van der Waals surface area contributed by atoms with Crippen LogP contribution in [0.5, 0.6) is 0 Å². The number of aryl methyl sites for hydroxylation is 1. The summed E-state index contributed by atoms with van der Waals surface area (Å²) in [7, 11) is 0. The number of amides is 1. The predicted molar refractivity (Wildman–Crippen MR) is 86.4 cm³/mol. The highest BCUT2D eigenvalue weighted by atomic mass is 16.2. The Kier molecular flexibility index (Phi) is 6.60. The lowest BCUT2D eigenvalue weighted by Crippen LogP contribution is -2.25. The van der Waals surface area contributed by atoms with Gasteiger partial charge in [0.05, 0.1) is 0 Å².